The maximum absolute atomic E-state index is 14.4. The molecule has 0 saturated carbocycles. The summed E-state index contributed by atoms with van der Waals surface area (Å²) in [6, 6.07) is 12.8. The number of anilines is 1. The van der Waals surface area contributed by atoms with Crippen molar-refractivity contribution in [3.05, 3.63) is 70.0 Å². The molecule has 11 heteroatoms. The van der Waals surface area contributed by atoms with E-state index in [1.165, 1.54) is 0 Å². The van der Waals surface area contributed by atoms with Gasteiger partial charge in [0.25, 0.3) is 11.8 Å². The Kier molecular flexibility index (Phi) is 9.71. The number of fused-ring (bicyclic) bond motifs is 1. The summed E-state index contributed by atoms with van der Waals surface area (Å²) in [5, 5.41) is 2.84. The average molecular weight is 633 g/mol. The van der Waals surface area contributed by atoms with Crippen LogP contribution in [0.3, 0.4) is 0 Å². The summed E-state index contributed by atoms with van der Waals surface area (Å²) in [5.41, 5.74) is 1.44. The van der Waals surface area contributed by atoms with Crippen LogP contribution >= 0.6 is 0 Å². The smallest absolute Gasteiger partial charge is 0.476 e. The summed E-state index contributed by atoms with van der Waals surface area (Å²) < 4.78 is 17.0. The molecule has 1 atom stereocenters. The number of nitrogens with one attached hydrogen (secondary N) is 1. The normalized spacial score (nSPS) is 17.8. The SMILES string of the molecule is CCC(=O)NCCN1C(=O)C(C)(C)Oc2cc(C)c(C(=O)N(C(C)C)[C@@H]3CCCN(Cc4oc(=O)oc4-c4ccccc4)C3)cc21. The maximum atomic E-state index is 14.4. The first-order chi connectivity index (χ1) is 21.9. The van der Waals surface area contributed by atoms with Crippen molar-refractivity contribution < 1.29 is 28.0 Å². The van der Waals surface area contributed by atoms with Crippen LogP contribution in [-0.2, 0) is 16.1 Å². The van der Waals surface area contributed by atoms with Gasteiger partial charge in [-0.15, -0.1) is 0 Å². The fourth-order valence-corrected chi connectivity index (χ4v) is 6.39. The molecule has 0 unspecified atom stereocenters. The van der Waals surface area contributed by atoms with Gasteiger partial charge in [0.05, 0.1) is 12.2 Å². The lowest BCUT2D eigenvalue weighted by atomic mass is 9.97. The molecule has 2 aliphatic heterocycles. The molecule has 1 N–H and O–H groups in total. The predicted octanol–water partition coefficient (Wildman–Crippen LogP) is 4.75. The highest BCUT2D eigenvalue weighted by Crippen LogP contribution is 2.40. The third-order valence-corrected chi connectivity index (χ3v) is 8.64. The van der Waals surface area contributed by atoms with Gasteiger partial charge in [-0.25, -0.2) is 4.79 Å². The molecule has 5 rings (SSSR count). The molecular formula is C35H44N4O7. The van der Waals surface area contributed by atoms with E-state index in [0.29, 0.717) is 48.0 Å². The fourth-order valence-electron chi connectivity index (χ4n) is 6.39. The van der Waals surface area contributed by atoms with Crippen molar-refractivity contribution >= 4 is 23.4 Å². The van der Waals surface area contributed by atoms with E-state index in [0.717, 1.165) is 30.5 Å². The number of piperidine rings is 1. The molecule has 246 valence electrons. The van der Waals surface area contributed by atoms with Crippen LogP contribution in [0.5, 0.6) is 5.75 Å². The molecule has 46 heavy (non-hydrogen) atoms. The number of benzene rings is 2. The van der Waals surface area contributed by atoms with Gasteiger partial charge in [-0.1, -0.05) is 37.3 Å². The van der Waals surface area contributed by atoms with Crippen LogP contribution in [0.1, 0.15) is 75.6 Å². The molecule has 3 aromatic rings. The first kappa shape index (κ1) is 33.0. The van der Waals surface area contributed by atoms with Crippen molar-refractivity contribution in [3.63, 3.8) is 0 Å². The maximum Gasteiger partial charge on any atom is 0.519 e. The first-order valence-electron chi connectivity index (χ1n) is 16.0. The van der Waals surface area contributed by atoms with Crippen LogP contribution in [0.15, 0.2) is 56.1 Å². The van der Waals surface area contributed by atoms with Crippen LogP contribution < -0.4 is 20.8 Å². The van der Waals surface area contributed by atoms with Crippen LogP contribution in [0.2, 0.25) is 0 Å². The number of carbonyl (C=O) groups is 3. The van der Waals surface area contributed by atoms with E-state index in [1.54, 1.807) is 31.7 Å². The summed E-state index contributed by atoms with van der Waals surface area (Å²) in [5.74, 6) is 0.213. The van der Waals surface area contributed by atoms with E-state index in [4.69, 9.17) is 13.6 Å². The summed E-state index contributed by atoms with van der Waals surface area (Å²) in [6.07, 6.45) is 2.04. The van der Waals surface area contributed by atoms with Crippen molar-refractivity contribution in [2.75, 3.05) is 31.1 Å². The Morgan fingerprint density at radius 1 is 1.11 bits per heavy atom. The molecule has 1 saturated heterocycles. The van der Waals surface area contributed by atoms with Gasteiger partial charge in [-0.3, -0.25) is 19.3 Å². The lowest BCUT2D eigenvalue weighted by molar-refractivity contribution is -0.132. The highest BCUT2D eigenvalue weighted by molar-refractivity contribution is 6.05. The number of likely N-dealkylation sites (tertiary alicyclic amines) is 1. The number of hydrogen-bond acceptors (Lipinski definition) is 8. The zero-order chi connectivity index (χ0) is 33.2. The third kappa shape index (κ3) is 6.89. The quantitative estimate of drug-likeness (QED) is 0.340. The van der Waals surface area contributed by atoms with Crippen LogP contribution in [0.4, 0.5) is 5.69 Å². The second-order valence-electron chi connectivity index (χ2n) is 12.8. The molecule has 0 spiro atoms. The molecule has 0 radical (unpaired) electrons. The minimum Gasteiger partial charge on any atom is -0.476 e. The van der Waals surface area contributed by atoms with Crippen molar-refractivity contribution in [3.8, 4) is 17.1 Å². The number of nitrogens with zero attached hydrogens (tertiary/aromatic N) is 3. The number of amides is 3. The van der Waals surface area contributed by atoms with E-state index in [-0.39, 0.29) is 42.9 Å². The Balaban J connectivity index is 1.39. The van der Waals surface area contributed by atoms with Gasteiger partial charge in [-0.2, -0.15) is 0 Å². The number of hydrogen-bond donors (Lipinski definition) is 1. The second-order valence-corrected chi connectivity index (χ2v) is 12.8. The van der Waals surface area contributed by atoms with Crippen molar-refractivity contribution in [2.45, 2.75) is 85.0 Å². The van der Waals surface area contributed by atoms with Crippen LogP contribution in [-0.4, -0.2) is 71.4 Å². The first-order valence-corrected chi connectivity index (χ1v) is 16.0. The molecule has 2 aliphatic rings. The largest absolute Gasteiger partial charge is 0.519 e. The monoisotopic (exact) mass is 632 g/mol. The van der Waals surface area contributed by atoms with Gasteiger partial charge in [-0.05, 0) is 71.7 Å². The Labute approximate surface area is 269 Å². The zero-order valence-corrected chi connectivity index (χ0v) is 27.6. The molecule has 11 nitrogen and oxygen atoms in total. The van der Waals surface area contributed by atoms with Gasteiger partial charge in [0.2, 0.25) is 5.91 Å². The molecular weight excluding hydrogens is 588 g/mol. The van der Waals surface area contributed by atoms with Gasteiger partial charge >= 0.3 is 5.82 Å². The van der Waals surface area contributed by atoms with Crippen molar-refractivity contribution in [2.24, 2.45) is 0 Å². The lowest BCUT2D eigenvalue weighted by Gasteiger charge is -2.42. The molecule has 1 fully saturated rings. The minimum atomic E-state index is -1.09. The molecule has 3 heterocycles. The highest BCUT2D eigenvalue weighted by atomic mass is 16.6. The van der Waals surface area contributed by atoms with E-state index >= 15 is 0 Å². The number of ether oxygens (including phenoxy) is 1. The van der Waals surface area contributed by atoms with Crippen molar-refractivity contribution in [1.82, 2.24) is 15.1 Å². The van der Waals surface area contributed by atoms with Gasteiger partial charge in [0.1, 0.15) is 5.75 Å². The molecule has 3 amide bonds. The Hall–Kier alpha value is -4.38. The van der Waals surface area contributed by atoms with Crippen molar-refractivity contribution in [1.29, 1.82) is 0 Å². The van der Waals surface area contributed by atoms with E-state index in [2.05, 4.69) is 10.2 Å². The number of carbonyl (C=O) groups excluding carboxylic acids is 3. The van der Waals surface area contributed by atoms with E-state index in [9.17, 15) is 19.2 Å². The van der Waals surface area contributed by atoms with E-state index in [1.807, 2.05) is 62.1 Å². The second kappa shape index (κ2) is 13.5. The van der Waals surface area contributed by atoms with Crippen LogP contribution in [0, 0.1) is 6.92 Å². The lowest BCUT2D eigenvalue weighted by Crippen LogP contribution is -2.54. The Bertz CT molecular complexity index is 1640. The molecule has 2 aromatic carbocycles. The highest BCUT2D eigenvalue weighted by Gasteiger charge is 2.42. The number of rotatable bonds is 10. The summed E-state index contributed by atoms with van der Waals surface area (Å²) in [7, 11) is 0. The minimum absolute atomic E-state index is 0.0901. The third-order valence-electron chi connectivity index (χ3n) is 8.64. The van der Waals surface area contributed by atoms with E-state index < -0.39 is 11.4 Å². The van der Waals surface area contributed by atoms with Gasteiger partial charge in [0.15, 0.2) is 17.1 Å². The Morgan fingerprint density at radius 3 is 2.54 bits per heavy atom. The average Bonchev–Trinajstić information content (AvgIpc) is 3.38. The number of aryl methyl sites for hydroxylation is 1. The topological polar surface area (TPSA) is 126 Å². The summed E-state index contributed by atoms with van der Waals surface area (Å²) in [6.45, 7) is 13.4. The zero-order valence-electron chi connectivity index (χ0n) is 27.6. The standard InChI is InChI=1S/C35H44N4O7/c1-7-30(40)36-15-17-38-27-19-26(23(4)18-28(27)46-35(5,6)33(38)42)32(41)39(22(2)3)25-14-11-16-37(20-25)21-29-31(45-34(43)44-29)24-12-9-8-10-13-24/h8-10,12-13,18-19,22,25H,7,11,14-17,20-21H2,1-6H3,(H,36,40)/t25-/m1/s1. The molecule has 0 bridgehead atoms. The van der Waals surface area contributed by atoms with Gasteiger partial charge < -0.3 is 28.7 Å². The van der Waals surface area contributed by atoms with Crippen LogP contribution in [0.25, 0.3) is 11.3 Å². The Morgan fingerprint density at radius 2 is 1.85 bits per heavy atom. The molecule has 0 aliphatic carbocycles. The van der Waals surface area contributed by atoms with Gasteiger partial charge in [0, 0.05) is 49.3 Å². The predicted molar refractivity (Wildman–Crippen MR) is 174 cm³/mol. The summed E-state index contributed by atoms with van der Waals surface area (Å²) in [4.78, 5) is 57.5. The molecule has 1 aromatic heterocycles. The summed E-state index contributed by atoms with van der Waals surface area (Å²) >= 11 is 0. The fraction of sp³-hybridized carbons (Fsp3) is 0.486.